The largest absolute Gasteiger partial charge is 0.353 e. The van der Waals surface area contributed by atoms with E-state index in [1.807, 2.05) is 0 Å². The van der Waals surface area contributed by atoms with Crippen molar-refractivity contribution in [3.63, 3.8) is 0 Å². The molecule has 1 aliphatic rings. The fraction of sp³-hybridized carbons (Fsp3) is 0.789. The van der Waals surface area contributed by atoms with Crippen LogP contribution in [-0.2, 0) is 9.47 Å². The molecule has 0 aliphatic carbocycles. The van der Waals surface area contributed by atoms with Crippen molar-refractivity contribution in [2.75, 3.05) is 13.2 Å². The summed E-state index contributed by atoms with van der Waals surface area (Å²) in [7, 11) is 0. The summed E-state index contributed by atoms with van der Waals surface area (Å²) in [5, 5.41) is 0. The molecule has 0 radical (unpaired) electrons. The van der Waals surface area contributed by atoms with Crippen LogP contribution in [0.15, 0.2) is 12.2 Å². The van der Waals surface area contributed by atoms with Gasteiger partial charge in [0, 0.05) is 19.4 Å². The number of hydrogen-bond acceptors (Lipinski definition) is 2. The fourth-order valence-corrected chi connectivity index (χ4v) is 2.32. The molecule has 1 rings (SSSR count). The standard InChI is InChI=1S/C19H32O2/c1-2-3-4-5-6-7-8-9-10-11-12-14-17-20-19-16-13-15-18-21-19/h6-7,19H,2-5,8-10,13-18H2,1H3/b7-6+. The predicted octanol–water partition coefficient (Wildman–Crippen LogP) is 5.23. The molecule has 2 nitrogen and oxygen atoms in total. The molecule has 120 valence electrons. The molecule has 1 saturated heterocycles. The molecule has 0 N–H and O–H groups in total. The van der Waals surface area contributed by atoms with Crippen molar-refractivity contribution in [3.8, 4) is 11.8 Å². The molecule has 0 bridgehead atoms. The summed E-state index contributed by atoms with van der Waals surface area (Å²) in [6, 6.07) is 0. The van der Waals surface area contributed by atoms with Crippen molar-refractivity contribution in [2.45, 2.75) is 83.8 Å². The topological polar surface area (TPSA) is 18.5 Å². The second kappa shape index (κ2) is 14.2. The average molecular weight is 292 g/mol. The van der Waals surface area contributed by atoms with Crippen molar-refractivity contribution in [2.24, 2.45) is 0 Å². The Morgan fingerprint density at radius 2 is 1.86 bits per heavy atom. The summed E-state index contributed by atoms with van der Waals surface area (Å²) in [5.74, 6) is 6.42. The maximum absolute atomic E-state index is 5.64. The third kappa shape index (κ3) is 11.5. The van der Waals surface area contributed by atoms with Gasteiger partial charge >= 0.3 is 0 Å². The number of hydrogen-bond donors (Lipinski definition) is 0. The van der Waals surface area contributed by atoms with Crippen LogP contribution in [0.4, 0.5) is 0 Å². The van der Waals surface area contributed by atoms with Gasteiger partial charge in [-0.2, -0.15) is 0 Å². The molecule has 1 fully saturated rings. The first-order valence-corrected chi connectivity index (χ1v) is 8.77. The molecule has 2 heteroatoms. The summed E-state index contributed by atoms with van der Waals surface area (Å²) in [5.41, 5.74) is 0. The Bertz CT molecular complexity index is 305. The molecule has 0 spiro atoms. The van der Waals surface area contributed by atoms with E-state index in [4.69, 9.17) is 9.47 Å². The lowest BCUT2D eigenvalue weighted by Crippen LogP contribution is -2.22. The monoisotopic (exact) mass is 292 g/mol. The van der Waals surface area contributed by atoms with Crippen LogP contribution >= 0.6 is 0 Å². The zero-order valence-electron chi connectivity index (χ0n) is 13.7. The van der Waals surface area contributed by atoms with E-state index in [0.717, 1.165) is 32.3 Å². The fourth-order valence-electron chi connectivity index (χ4n) is 2.32. The van der Waals surface area contributed by atoms with E-state index in [1.54, 1.807) is 0 Å². The Morgan fingerprint density at radius 3 is 2.62 bits per heavy atom. The molecule has 0 aromatic rings. The van der Waals surface area contributed by atoms with Crippen LogP contribution in [0.25, 0.3) is 0 Å². The van der Waals surface area contributed by atoms with E-state index < -0.39 is 0 Å². The third-order valence-electron chi connectivity index (χ3n) is 3.61. The lowest BCUT2D eigenvalue weighted by Gasteiger charge is -2.22. The van der Waals surface area contributed by atoms with Gasteiger partial charge in [0.15, 0.2) is 6.29 Å². The highest BCUT2D eigenvalue weighted by atomic mass is 16.7. The summed E-state index contributed by atoms with van der Waals surface area (Å²) in [6.45, 7) is 3.80. The number of ether oxygens (including phenoxy) is 2. The maximum atomic E-state index is 5.64. The molecule has 0 aromatic heterocycles. The summed E-state index contributed by atoms with van der Waals surface area (Å²) >= 11 is 0. The van der Waals surface area contributed by atoms with Gasteiger partial charge in [-0.05, 0) is 44.9 Å². The van der Waals surface area contributed by atoms with E-state index in [0.29, 0.717) is 6.61 Å². The van der Waals surface area contributed by atoms with Crippen LogP contribution < -0.4 is 0 Å². The lowest BCUT2D eigenvalue weighted by atomic mass is 10.1. The van der Waals surface area contributed by atoms with Gasteiger partial charge in [0.05, 0.1) is 6.61 Å². The molecule has 1 heterocycles. The van der Waals surface area contributed by atoms with Gasteiger partial charge in [-0.1, -0.05) is 31.9 Å². The maximum Gasteiger partial charge on any atom is 0.157 e. The van der Waals surface area contributed by atoms with E-state index in [9.17, 15) is 0 Å². The zero-order valence-corrected chi connectivity index (χ0v) is 13.7. The highest BCUT2D eigenvalue weighted by molar-refractivity contribution is 4.99. The van der Waals surface area contributed by atoms with E-state index in [1.165, 1.54) is 44.9 Å². The van der Waals surface area contributed by atoms with E-state index in [-0.39, 0.29) is 6.29 Å². The Labute approximate surface area is 131 Å². The van der Waals surface area contributed by atoms with Crippen LogP contribution in [0, 0.1) is 11.8 Å². The van der Waals surface area contributed by atoms with Crippen LogP contribution in [0.3, 0.4) is 0 Å². The molecule has 0 amide bonds. The molecular formula is C19H32O2. The minimum Gasteiger partial charge on any atom is -0.353 e. The second-order valence-electron chi connectivity index (χ2n) is 5.63. The highest BCUT2D eigenvalue weighted by Gasteiger charge is 2.12. The molecule has 21 heavy (non-hydrogen) atoms. The first-order chi connectivity index (χ1) is 10.4. The molecule has 0 saturated carbocycles. The van der Waals surface area contributed by atoms with Crippen molar-refractivity contribution in [1.29, 1.82) is 0 Å². The Balaban J connectivity index is 1.84. The Morgan fingerprint density at radius 1 is 1.05 bits per heavy atom. The van der Waals surface area contributed by atoms with Crippen LogP contribution in [0.2, 0.25) is 0 Å². The van der Waals surface area contributed by atoms with Gasteiger partial charge in [0.1, 0.15) is 0 Å². The summed E-state index contributed by atoms with van der Waals surface area (Å²) < 4.78 is 11.1. The first-order valence-electron chi connectivity index (χ1n) is 8.77. The van der Waals surface area contributed by atoms with E-state index >= 15 is 0 Å². The average Bonchev–Trinajstić information content (AvgIpc) is 2.53. The minimum atomic E-state index is 0.0263. The van der Waals surface area contributed by atoms with Gasteiger partial charge < -0.3 is 9.47 Å². The quantitative estimate of drug-likeness (QED) is 0.312. The first kappa shape index (κ1) is 18.3. The van der Waals surface area contributed by atoms with Crippen LogP contribution in [0.5, 0.6) is 0 Å². The normalized spacial score (nSPS) is 18.6. The molecule has 1 unspecified atom stereocenters. The van der Waals surface area contributed by atoms with Gasteiger partial charge in [0.2, 0.25) is 0 Å². The van der Waals surface area contributed by atoms with Gasteiger partial charge in [-0.25, -0.2) is 0 Å². The minimum absolute atomic E-state index is 0.0263. The smallest absolute Gasteiger partial charge is 0.157 e. The number of unbranched alkanes of at least 4 members (excludes halogenated alkanes) is 5. The molecular weight excluding hydrogens is 260 g/mol. The number of allylic oxidation sites excluding steroid dienone is 2. The summed E-state index contributed by atoms with van der Waals surface area (Å²) in [6.07, 6.45) is 17.5. The Hall–Kier alpha value is -0.780. The van der Waals surface area contributed by atoms with Crippen molar-refractivity contribution in [3.05, 3.63) is 12.2 Å². The second-order valence-corrected chi connectivity index (χ2v) is 5.63. The molecule has 1 atom stereocenters. The van der Waals surface area contributed by atoms with Gasteiger partial charge in [-0.3, -0.25) is 0 Å². The third-order valence-corrected chi connectivity index (χ3v) is 3.61. The van der Waals surface area contributed by atoms with E-state index in [2.05, 4.69) is 30.9 Å². The SMILES string of the molecule is CCCCC/C=C/CCCC#CCCOC1CCCCO1. The van der Waals surface area contributed by atoms with Crippen molar-refractivity contribution >= 4 is 0 Å². The Kier molecular flexibility index (Phi) is 12.3. The summed E-state index contributed by atoms with van der Waals surface area (Å²) in [4.78, 5) is 0. The van der Waals surface area contributed by atoms with Crippen LogP contribution in [0.1, 0.15) is 77.6 Å². The molecule has 0 aromatic carbocycles. The zero-order chi connectivity index (χ0) is 15.0. The van der Waals surface area contributed by atoms with Crippen molar-refractivity contribution in [1.82, 2.24) is 0 Å². The van der Waals surface area contributed by atoms with Crippen molar-refractivity contribution < 1.29 is 9.47 Å². The van der Waals surface area contributed by atoms with Gasteiger partial charge in [-0.15, -0.1) is 11.8 Å². The predicted molar refractivity (Wildman–Crippen MR) is 89.1 cm³/mol. The van der Waals surface area contributed by atoms with Gasteiger partial charge in [0.25, 0.3) is 0 Å². The van der Waals surface area contributed by atoms with Crippen LogP contribution in [-0.4, -0.2) is 19.5 Å². The number of rotatable bonds is 10. The molecule has 1 aliphatic heterocycles. The highest BCUT2D eigenvalue weighted by Crippen LogP contribution is 2.13. The lowest BCUT2D eigenvalue weighted by molar-refractivity contribution is -0.161.